The Labute approximate surface area is 127 Å². The fourth-order valence-corrected chi connectivity index (χ4v) is 4.11. The minimum Gasteiger partial charge on any atom is -0.481 e. The molecular formula is C16H28N2O3. The standard InChI is InChI=1S/C16H28N2O3/c1-9(2)13(10(3)4)8-17-16(21)18-11-5-6-14(18)12(7-11)15(19)20/h9-14H,5-8H2,1-4H3,(H,17,21)(H,19,20). The van der Waals surface area contributed by atoms with Gasteiger partial charge in [0.05, 0.1) is 5.92 Å². The van der Waals surface area contributed by atoms with Crippen molar-refractivity contribution in [3.63, 3.8) is 0 Å². The van der Waals surface area contributed by atoms with Gasteiger partial charge in [-0.3, -0.25) is 4.79 Å². The molecular weight excluding hydrogens is 268 g/mol. The molecule has 2 aliphatic heterocycles. The fourth-order valence-electron chi connectivity index (χ4n) is 4.11. The summed E-state index contributed by atoms with van der Waals surface area (Å²) in [4.78, 5) is 25.5. The zero-order chi connectivity index (χ0) is 15.7. The number of nitrogens with zero attached hydrogens (tertiary/aromatic N) is 1. The van der Waals surface area contributed by atoms with Gasteiger partial charge in [-0.25, -0.2) is 4.79 Å². The SMILES string of the molecule is CC(C)C(CNC(=O)N1C2CCC1C(C(=O)O)C2)C(C)C. The van der Waals surface area contributed by atoms with E-state index >= 15 is 0 Å². The van der Waals surface area contributed by atoms with Crippen LogP contribution in [-0.2, 0) is 4.79 Å². The van der Waals surface area contributed by atoms with E-state index in [1.54, 1.807) is 4.90 Å². The molecule has 0 radical (unpaired) electrons. The van der Waals surface area contributed by atoms with Gasteiger partial charge in [-0.05, 0) is 37.0 Å². The molecule has 0 saturated carbocycles. The van der Waals surface area contributed by atoms with E-state index in [1.165, 1.54) is 0 Å². The fraction of sp³-hybridized carbons (Fsp3) is 0.875. The third kappa shape index (κ3) is 3.16. The summed E-state index contributed by atoms with van der Waals surface area (Å²) < 4.78 is 0. The molecule has 3 atom stereocenters. The number of carbonyl (C=O) groups is 2. The molecule has 5 nitrogen and oxygen atoms in total. The maximum Gasteiger partial charge on any atom is 0.317 e. The number of urea groups is 1. The van der Waals surface area contributed by atoms with Crippen LogP contribution in [0.25, 0.3) is 0 Å². The Morgan fingerprint density at radius 1 is 1.19 bits per heavy atom. The number of hydrogen-bond acceptors (Lipinski definition) is 2. The zero-order valence-corrected chi connectivity index (χ0v) is 13.5. The normalized spacial score (nSPS) is 28.0. The van der Waals surface area contributed by atoms with E-state index in [4.69, 9.17) is 0 Å². The lowest BCUT2D eigenvalue weighted by Gasteiger charge is -2.28. The van der Waals surface area contributed by atoms with Crippen LogP contribution in [0.1, 0.15) is 47.0 Å². The Bertz CT molecular complexity index is 400. The molecule has 2 amide bonds. The first-order chi connectivity index (χ1) is 9.82. The highest BCUT2D eigenvalue weighted by molar-refractivity contribution is 5.79. The molecule has 120 valence electrons. The topological polar surface area (TPSA) is 69.6 Å². The van der Waals surface area contributed by atoms with Crippen LogP contribution in [0.4, 0.5) is 4.79 Å². The van der Waals surface area contributed by atoms with Crippen molar-refractivity contribution in [3.05, 3.63) is 0 Å². The van der Waals surface area contributed by atoms with Gasteiger partial charge >= 0.3 is 12.0 Å². The van der Waals surface area contributed by atoms with Crippen molar-refractivity contribution in [3.8, 4) is 0 Å². The summed E-state index contributed by atoms with van der Waals surface area (Å²) in [6.07, 6.45) is 2.39. The minimum atomic E-state index is -0.762. The summed E-state index contributed by atoms with van der Waals surface area (Å²) >= 11 is 0. The lowest BCUT2D eigenvalue weighted by molar-refractivity contribution is -0.142. The molecule has 21 heavy (non-hydrogen) atoms. The highest BCUT2D eigenvalue weighted by atomic mass is 16.4. The van der Waals surface area contributed by atoms with Crippen molar-refractivity contribution in [1.82, 2.24) is 10.2 Å². The Morgan fingerprint density at radius 2 is 1.81 bits per heavy atom. The summed E-state index contributed by atoms with van der Waals surface area (Å²) in [5, 5.41) is 12.3. The van der Waals surface area contributed by atoms with E-state index in [0.29, 0.717) is 30.7 Å². The van der Waals surface area contributed by atoms with Gasteiger partial charge in [0.2, 0.25) is 0 Å². The third-order valence-electron chi connectivity index (χ3n) is 5.29. The first-order valence-electron chi connectivity index (χ1n) is 8.11. The molecule has 2 aliphatic rings. The van der Waals surface area contributed by atoms with Gasteiger partial charge in [-0.15, -0.1) is 0 Å². The number of carboxylic acid groups (broad SMARTS) is 1. The number of hydrogen-bond donors (Lipinski definition) is 2. The molecule has 2 rings (SSSR count). The Hall–Kier alpha value is -1.26. The molecule has 2 fully saturated rings. The van der Waals surface area contributed by atoms with Crippen molar-refractivity contribution < 1.29 is 14.7 Å². The molecule has 2 bridgehead atoms. The molecule has 2 saturated heterocycles. The largest absolute Gasteiger partial charge is 0.481 e. The van der Waals surface area contributed by atoms with Gasteiger partial charge in [0.1, 0.15) is 0 Å². The molecule has 0 spiro atoms. The van der Waals surface area contributed by atoms with Gasteiger partial charge in [-0.2, -0.15) is 0 Å². The van der Waals surface area contributed by atoms with E-state index in [9.17, 15) is 14.7 Å². The van der Waals surface area contributed by atoms with Crippen molar-refractivity contribution in [1.29, 1.82) is 0 Å². The van der Waals surface area contributed by atoms with Gasteiger partial charge < -0.3 is 15.3 Å². The number of carboxylic acids is 1. The van der Waals surface area contributed by atoms with Crippen molar-refractivity contribution in [2.24, 2.45) is 23.7 Å². The molecule has 0 aromatic carbocycles. The van der Waals surface area contributed by atoms with Crippen LogP contribution in [0.15, 0.2) is 0 Å². The van der Waals surface area contributed by atoms with Gasteiger partial charge in [0, 0.05) is 18.6 Å². The molecule has 3 unspecified atom stereocenters. The van der Waals surface area contributed by atoms with E-state index in [1.807, 2.05) is 0 Å². The quantitative estimate of drug-likeness (QED) is 0.819. The van der Waals surface area contributed by atoms with Crippen LogP contribution >= 0.6 is 0 Å². The predicted molar refractivity (Wildman–Crippen MR) is 81.0 cm³/mol. The van der Waals surface area contributed by atoms with Crippen molar-refractivity contribution >= 4 is 12.0 Å². The molecule has 0 aromatic heterocycles. The van der Waals surface area contributed by atoms with Gasteiger partial charge in [0.15, 0.2) is 0 Å². The van der Waals surface area contributed by atoms with Crippen LogP contribution in [0.3, 0.4) is 0 Å². The number of fused-ring (bicyclic) bond motifs is 2. The average molecular weight is 296 g/mol. The first kappa shape index (κ1) is 16.1. The number of aliphatic carboxylic acids is 1. The number of amides is 2. The van der Waals surface area contributed by atoms with E-state index in [0.717, 1.165) is 12.8 Å². The van der Waals surface area contributed by atoms with Crippen molar-refractivity contribution in [2.75, 3.05) is 6.54 Å². The molecule has 2 heterocycles. The summed E-state index contributed by atoms with van der Waals surface area (Å²) in [5.74, 6) is 0.354. The van der Waals surface area contributed by atoms with Crippen LogP contribution in [0.5, 0.6) is 0 Å². The van der Waals surface area contributed by atoms with Gasteiger partial charge in [-0.1, -0.05) is 27.7 Å². The lowest BCUT2D eigenvalue weighted by atomic mass is 9.85. The number of rotatable bonds is 5. The second kappa shape index (κ2) is 6.24. The van der Waals surface area contributed by atoms with Crippen LogP contribution in [0.2, 0.25) is 0 Å². The monoisotopic (exact) mass is 296 g/mol. The third-order valence-corrected chi connectivity index (χ3v) is 5.29. The zero-order valence-electron chi connectivity index (χ0n) is 13.5. The van der Waals surface area contributed by atoms with E-state index in [2.05, 4.69) is 33.0 Å². The second-order valence-corrected chi connectivity index (χ2v) is 7.22. The Balaban J connectivity index is 1.94. The lowest BCUT2D eigenvalue weighted by Crippen LogP contribution is -2.46. The number of carbonyl (C=O) groups excluding carboxylic acids is 1. The Morgan fingerprint density at radius 3 is 2.29 bits per heavy atom. The maximum absolute atomic E-state index is 12.4. The average Bonchev–Trinajstić information content (AvgIpc) is 2.95. The Kier molecular flexibility index (Phi) is 4.79. The van der Waals surface area contributed by atoms with Crippen LogP contribution in [0, 0.1) is 23.7 Å². The first-order valence-corrected chi connectivity index (χ1v) is 8.11. The summed E-state index contributed by atoms with van der Waals surface area (Å²) in [7, 11) is 0. The minimum absolute atomic E-state index is 0.0717. The smallest absolute Gasteiger partial charge is 0.317 e. The highest BCUT2D eigenvalue weighted by Crippen LogP contribution is 2.41. The summed E-state index contributed by atoms with van der Waals surface area (Å²) in [6.45, 7) is 9.38. The van der Waals surface area contributed by atoms with Crippen molar-refractivity contribution in [2.45, 2.75) is 59.0 Å². The highest BCUT2D eigenvalue weighted by Gasteiger charge is 2.51. The van der Waals surface area contributed by atoms with E-state index < -0.39 is 5.97 Å². The van der Waals surface area contributed by atoms with Crippen LogP contribution < -0.4 is 5.32 Å². The molecule has 0 aliphatic carbocycles. The van der Waals surface area contributed by atoms with Crippen LogP contribution in [-0.4, -0.2) is 40.6 Å². The molecule has 5 heteroatoms. The summed E-state index contributed by atoms with van der Waals surface area (Å²) in [6, 6.07) is -0.0609. The van der Waals surface area contributed by atoms with Gasteiger partial charge in [0.25, 0.3) is 0 Å². The molecule has 0 aromatic rings. The number of nitrogens with one attached hydrogen (secondary N) is 1. The van der Waals surface area contributed by atoms with E-state index in [-0.39, 0.29) is 24.0 Å². The second-order valence-electron chi connectivity index (χ2n) is 7.22. The molecule has 2 N–H and O–H groups in total. The predicted octanol–water partition coefficient (Wildman–Crippen LogP) is 2.56. The summed E-state index contributed by atoms with van der Waals surface area (Å²) in [5.41, 5.74) is 0. The maximum atomic E-state index is 12.4.